The largest absolute Gasteiger partial charge is 0.352 e. The maximum Gasteiger partial charge on any atom is 0.264 e. The zero-order valence-corrected chi connectivity index (χ0v) is 26.0. The van der Waals surface area contributed by atoms with Crippen LogP contribution in [0.5, 0.6) is 0 Å². The number of benzene rings is 3. The molecule has 0 unspecified atom stereocenters. The van der Waals surface area contributed by atoms with Gasteiger partial charge in [-0.1, -0.05) is 74.9 Å². The third kappa shape index (κ3) is 7.97. The van der Waals surface area contributed by atoms with Gasteiger partial charge < -0.3 is 10.2 Å². The average molecular weight is 578 g/mol. The van der Waals surface area contributed by atoms with Gasteiger partial charge in [0.05, 0.1) is 10.6 Å². The number of rotatable bonds is 12. The lowest BCUT2D eigenvalue weighted by Crippen LogP contribution is -2.52. The molecule has 0 saturated heterocycles. The van der Waals surface area contributed by atoms with Crippen molar-refractivity contribution in [2.75, 3.05) is 10.8 Å². The highest BCUT2D eigenvalue weighted by Crippen LogP contribution is 2.27. The summed E-state index contributed by atoms with van der Waals surface area (Å²) in [4.78, 5) is 28.9. The number of sulfonamides is 1. The van der Waals surface area contributed by atoms with Gasteiger partial charge in [-0.15, -0.1) is 0 Å². The quantitative estimate of drug-likeness (QED) is 0.288. The molecule has 0 spiro atoms. The Labute approximate surface area is 245 Å². The number of anilines is 1. The molecule has 8 heteroatoms. The zero-order chi connectivity index (χ0) is 30.3. The fraction of sp³-hybridized carbons (Fsp3) is 0.394. The van der Waals surface area contributed by atoms with E-state index in [2.05, 4.69) is 19.2 Å². The van der Waals surface area contributed by atoms with Crippen LogP contribution < -0.4 is 9.62 Å². The van der Waals surface area contributed by atoms with Crippen molar-refractivity contribution in [3.8, 4) is 0 Å². The summed E-state index contributed by atoms with van der Waals surface area (Å²) < 4.78 is 29.1. The minimum absolute atomic E-state index is 0.0572. The highest BCUT2D eigenvalue weighted by atomic mass is 32.2. The monoisotopic (exact) mass is 577 g/mol. The Hall–Kier alpha value is -3.65. The van der Waals surface area contributed by atoms with Crippen LogP contribution >= 0.6 is 0 Å². The van der Waals surface area contributed by atoms with Crippen LogP contribution in [0, 0.1) is 13.8 Å². The summed E-state index contributed by atoms with van der Waals surface area (Å²) in [6.07, 6.45) is 0.749. The highest BCUT2D eigenvalue weighted by Gasteiger charge is 2.33. The molecule has 41 heavy (non-hydrogen) atoms. The molecule has 3 aromatic rings. The van der Waals surface area contributed by atoms with Crippen molar-refractivity contribution >= 4 is 27.5 Å². The van der Waals surface area contributed by atoms with E-state index in [1.165, 1.54) is 4.90 Å². The fourth-order valence-corrected chi connectivity index (χ4v) is 5.82. The van der Waals surface area contributed by atoms with Crippen LogP contribution in [0.25, 0.3) is 0 Å². The number of aryl methyl sites for hydroxylation is 2. The van der Waals surface area contributed by atoms with Gasteiger partial charge in [0.1, 0.15) is 12.6 Å². The first kappa shape index (κ1) is 31.9. The molecule has 2 amide bonds. The minimum atomic E-state index is -4.10. The van der Waals surface area contributed by atoms with Crippen molar-refractivity contribution in [2.45, 2.75) is 84.3 Å². The highest BCUT2D eigenvalue weighted by molar-refractivity contribution is 7.92. The molecule has 0 radical (unpaired) electrons. The van der Waals surface area contributed by atoms with Crippen LogP contribution in [0.2, 0.25) is 0 Å². The van der Waals surface area contributed by atoms with E-state index in [9.17, 15) is 18.0 Å². The van der Waals surface area contributed by atoms with E-state index >= 15 is 0 Å². The lowest BCUT2D eigenvalue weighted by molar-refractivity contribution is -0.139. The second-order valence-electron chi connectivity index (χ2n) is 11.0. The number of carbonyl (C=O) groups excluding carboxylic acids is 2. The molecule has 0 heterocycles. The summed E-state index contributed by atoms with van der Waals surface area (Å²) >= 11 is 0. The Morgan fingerprint density at radius 1 is 0.854 bits per heavy atom. The molecule has 1 N–H and O–H groups in total. The van der Waals surface area contributed by atoms with Crippen molar-refractivity contribution in [1.82, 2.24) is 10.2 Å². The lowest BCUT2D eigenvalue weighted by Gasteiger charge is -2.33. The Balaban J connectivity index is 2.05. The van der Waals surface area contributed by atoms with Gasteiger partial charge in [0, 0.05) is 12.6 Å². The fourth-order valence-electron chi connectivity index (χ4n) is 4.41. The maximum absolute atomic E-state index is 14.1. The molecular formula is C33H43N3O4S. The first-order valence-electron chi connectivity index (χ1n) is 14.2. The van der Waals surface area contributed by atoms with E-state index in [4.69, 9.17) is 0 Å². The molecule has 3 rings (SSSR count). The third-order valence-corrected chi connectivity index (χ3v) is 9.29. The van der Waals surface area contributed by atoms with Gasteiger partial charge in [0.2, 0.25) is 11.8 Å². The van der Waals surface area contributed by atoms with Gasteiger partial charge in [-0.3, -0.25) is 13.9 Å². The average Bonchev–Trinajstić information content (AvgIpc) is 2.95. The summed E-state index contributed by atoms with van der Waals surface area (Å²) in [5.41, 5.74) is 4.24. The van der Waals surface area contributed by atoms with Gasteiger partial charge in [-0.25, -0.2) is 8.42 Å². The van der Waals surface area contributed by atoms with Crippen LogP contribution in [0.15, 0.2) is 77.7 Å². The predicted molar refractivity (Wildman–Crippen MR) is 165 cm³/mol. The smallest absolute Gasteiger partial charge is 0.264 e. The molecule has 7 nitrogen and oxygen atoms in total. The summed E-state index contributed by atoms with van der Waals surface area (Å²) in [7, 11) is -4.10. The Kier molecular flexibility index (Phi) is 10.7. The van der Waals surface area contributed by atoms with Gasteiger partial charge >= 0.3 is 0 Å². The van der Waals surface area contributed by atoms with Gasteiger partial charge in [0.25, 0.3) is 10.0 Å². The van der Waals surface area contributed by atoms with Crippen molar-refractivity contribution in [3.63, 3.8) is 0 Å². The van der Waals surface area contributed by atoms with E-state index in [1.54, 1.807) is 43.3 Å². The Morgan fingerprint density at radius 3 is 2.02 bits per heavy atom. The molecule has 3 aromatic carbocycles. The number of amides is 2. The van der Waals surface area contributed by atoms with E-state index < -0.39 is 28.5 Å². The number of hydrogen-bond donors (Lipinski definition) is 1. The summed E-state index contributed by atoms with van der Waals surface area (Å²) in [5.74, 6) is -0.485. The SMILES string of the molecule is CC[C@@H](C)NC(=O)[C@H](C)N(Cc1ccccc1C)C(=O)CN(c1ccc(C(C)C)cc1)S(=O)(=O)c1ccc(C)cc1. The molecule has 0 aromatic heterocycles. The predicted octanol–water partition coefficient (Wildman–Crippen LogP) is 5.95. The van der Waals surface area contributed by atoms with Crippen LogP contribution in [0.1, 0.15) is 69.2 Å². The van der Waals surface area contributed by atoms with E-state index in [-0.39, 0.29) is 29.3 Å². The van der Waals surface area contributed by atoms with Gasteiger partial charge in [-0.2, -0.15) is 0 Å². The standard InChI is InChI=1S/C33H43N3O4S/c1-8-26(6)34-33(38)27(7)35(21-29-12-10-9-11-25(29)5)32(37)22-36(30-17-15-28(16-18-30)23(2)3)41(39,40)31-19-13-24(4)14-20-31/h9-20,23,26-27H,8,21-22H2,1-7H3,(H,34,38)/t26-,27+/m1/s1. The molecule has 0 bridgehead atoms. The minimum Gasteiger partial charge on any atom is -0.352 e. The van der Waals surface area contributed by atoms with E-state index in [0.717, 1.165) is 33.0 Å². The van der Waals surface area contributed by atoms with Gasteiger partial charge in [-0.05, 0) is 81.0 Å². The molecular weight excluding hydrogens is 534 g/mol. The van der Waals surface area contributed by atoms with Crippen molar-refractivity contribution < 1.29 is 18.0 Å². The normalized spacial score (nSPS) is 13.0. The Morgan fingerprint density at radius 2 is 1.46 bits per heavy atom. The number of carbonyl (C=O) groups is 2. The molecule has 220 valence electrons. The number of nitrogens with one attached hydrogen (secondary N) is 1. The molecule has 2 atom stereocenters. The second kappa shape index (κ2) is 13.8. The molecule has 0 aliphatic carbocycles. The zero-order valence-electron chi connectivity index (χ0n) is 25.2. The molecule has 0 saturated carbocycles. The van der Waals surface area contributed by atoms with Crippen LogP contribution in [-0.2, 0) is 26.2 Å². The van der Waals surface area contributed by atoms with Crippen molar-refractivity contribution in [3.05, 3.63) is 95.1 Å². The number of hydrogen-bond acceptors (Lipinski definition) is 4. The van der Waals surface area contributed by atoms with Gasteiger partial charge in [0.15, 0.2) is 0 Å². The van der Waals surface area contributed by atoms with Crippen molar-refractivity contribution in [2.24, 2.45) is 0 Å². The first-order valence-corrected chi connectivity index (χ1v) is 15.6. The third-order valence-electron chi connectivity index (χ3n) is 7.51. The number of nitrogens with zero attached hydrogens (tertiary/aromatic N) is 2. The molecule has 0 aliphatic heterocycles. The first-order chi connectivity index (χ1) is 19.3. The maximum atomic E-state index is 14.1. The Bertz CT molecular complexity index is 1430. The topological polar surface area (TPSA) is 86.8 Å². The lowest BCUT2D eigenvalue weighted by atomic mass is 10.0. The summed E-state index contributed by atoms with van der Waals surface area (Å²) in [5, 5.41) is 2.96. The molecule has 0 fully saturated rings. The molecule has 0 aliphatic rings. The van der Waals surface area contributed by atoms with Crippen LogP contribution in [-0.4, -0.2) is 43.8 Å². The van der Waals surface area contributed by atoms with E-state index in [0.29, 0.717) is 5.69 Å². The van der Waals surface area contributed by atoms with Crippen molar-refractivity contribution in [1.29, 1.82) is 0 Å². The van der Waals surface area contributed by atoms with Crippen LogP contribution in [0.4, 0.5) is 5.69 Å². The van der Waals surface area contributed by atoms with E-state index in [1.807, 2.05) is 64.1 Å². The summed E-state index contributed by atoms with van der Waals surface area (Å²) in [6.45, 7) is 13.3. The summed E-state index contributed by atoms with van der Waals surface area (Å²) in [6, 6.07) is 20.6. The van der Waals surface area contributed by atoms with Crippen LogP contribution in [0.3, 0.4) is 0 Å². The second-order valence-corrected chi connectivity index (χ2v) is 12.9.